The van der Waals surface area contributed by atoms with Gasteiger partial charge in [-0.1, -0.05) is 23.2 Å². The maximum Gasteiger partial charge on any atom is 0.314 e. The van der Waals surface area contributed by atoms with Crippen molar-refractivity contribution in [1.82, 2.24) is 0 Å². The number of hydrogen-bond donors (Lipinski definition) is 2. The molecule has 0 aliphatic rings. The van der Waals surface area contributed by atoms with E-state index in [-0.39, 0.29) is 10.8 Å². The van der Waals surface area contributed by atoms with Crippen LogP contribution in [0.1, 0.15) is 17.3 Å². The highest BCUT2D eigenvalue weighted by Gasteiger charge is 2.14. The summed E-state index contributed by atoms with van der Waals surface area (Å²) in [6, 6.07) is 10.7. The number of anilines is 2. The van der Waals surface area contributed by atoms with E-state index in [9.17, 15) is 14.4 Å². The van der Waals surface area contributed by atoms with Crippen LogP contribution in [0.5, 0.6) is 0 Å². The molecule has 0 bridgehead atoms. The lowest BCUT2D eigenvalue weighted by molar-refractivity contribution is -0.132. The number of carbonyl (C=O) groups excluding carboxylic acids is 3. The van der Waals surface area contributed by atoms with Gasteiger partial charge in [-0.25, -0.2) is 0 Å². The summed E-state index contributed by atoms with van der Waals surface area (Å²) < 4.78 is 0. The zero-order valence-electron chi connectivity index (χ0n) is 12.0. The standard InChI is InChI=1S/C16H12Cl2N2O3/c1-9(21)10-2-4-11(5-3-10)19-15(22)16(23)20-12-6-7-13(17)14(18)8-12/h2-8H,1H3,(H,19,22)(H,20,23). The number of nitrogens with one attached hydrogen (secondary N) is 2. The van der Waals surface area contributed by atoms with E-state index in [1.807, 2.05) is 0 Å². The molecule has 2 amide bonds. The second-order valence-corrected chi connectivity index (χ2v) is 5.49. The highest BCUT2D eigenvalue weighted by atomic mass is 35.5. The molecule has 0 spiro atoms. The zero-order valence-corrected chi connectivity index (χ0v) is 13.5. The molecule has 0 saturated carbocycles. The minimum Gasteiger partial charge on any atom is -0.318 e. The van der Waals surface area contributed by atoms with Gasteiger partial charge in [0.2, 0.25) is 0 Å². The van der Waals surface area contributed by atoms with Crippen molar-refractivity contribution in [3.8, 4) is 0 Å². The van der Waals surface area contributed by atoms with E-state index in [0.29, 0.717) is 22.0 Å². The van der Waals surface area contributed by atoms with Crippen molar-refractivity contribution in [2.24, 2.45) is 0 Å². The normalized spacial score (nSPS) is 10.0. The predicted molar refractivity (Wildman–Crippen MR) is 90.2 cm³/mol. The summed E-state index contributed by atoms with van der Waals surface area (Å²) in [5.41, 5.74) is 1.28. The van der Waals surface area contributed by atoms with Crippen LogP contribution in [-0.2, 0) is 9.59 Å². The highest BCUT2D eigenvalue weighted by Crippen LogP contribution is 2.25. The maximum atomic E-state index is 11.8. The van der Waals surface area contributed by atoms with Gasteiger partial charge in [-0.3, -0.25) is 14.4 Å². The molecule has 118 valence electrons. The van der Waals surface area contributed by atoms with Gasteiger partial charge in [0.1, 0.15) is 0 Å². The van der Waals surface area contributed by atoms with Crippen LogP contribution in [0.15, 0.2) is 42.5 Å². The second-order valence-electron chi connectivity index (χ2n) is 4.67. The summed E-state index contributed by atoms with van der Waals surface area (Å²) in [5, 5.41) is 5.46. The van der Waals surface area contributed by atoms with Crippen LogP contribution in [0.25, 0.3) is 0 Å². The molecule has 2 rings (SSSR count). The van der Waals surface area contributed by atoms with Crippen molar-refractivity contribution in [2.75, 3.05) is 10.6 Å². The number of amides is 2. The monoisotopic (exact) mass is 350 g/mol. The van der Waals surface area contributed by atoms with Crippen LogP contribution in [0, 0.1) is 0 Å². The van der Waals surface area contributed by atoms with Crippen LogP contribution in [0.2, 0.25) is 10.0 Å². The predicted octanol–water partition coefficient (Wildman–Crippen LogP) is 3.77. The minimum atomic E-state index is -0.848. The van der Waals surface area contributed by atoms with Crippen LogP contribution in [-0.4, -0.2) is 17.6 Å². The first-order valence-electron chi connectivity index (χ1n) is 6.55. The van der Waals surface area contributed by atoms with E-state index in [0.717, 1.165) is 0 Å². The number of ketones is 1. The lowest BCUT2D eigenvalue weighted by Crippen LogP contribution is -2.29. The van der Waals surface area contributed by atoms with Gasteiger partial charge in [0.25, 0.3) is 0 Å². The average Bonchev–Trinajstić information content (AvgIpc) is 2.51. The zero-order chi connectivity index (χ0) is 17.0. The van der Waals surface area contributed by atoms with E-state index >= 15 is 0 Å². The van der Waals surface area contributed by atoms with Gasteiger partial charge < -0.3 is 10.6 Å². The Bertz CT molecular complexity index is 773. The summed E-state index contributed by atoms with van der Waals surface area (Å²) in [7, 11) is 0. The fourth-order valence-electron chi connectivity index (χ4n) is 1.74. The Morgan fingerprint density at radius 3 is 1.83 bits per heavy atom. The Hall–Kier alpha value is -2.37. The van der Waals surface area contributed by atoms with E-state index in [4.69, 9.17) is 23.2 Å². The third-order valence-corrected chi connectivity index (χ3v) is 3.67. The fourth-order valence-corrected chi connectivity index (χ4v) is 2.04. The number of rotatable bonds is 3. The molecule has 0 aromatic heterocycles. The van der Waals surface area contributed by atoms with Gasteiger partial charge in [0.15, 0.2) is 5.78 Å². The number of benzene rings is 2. The Kier molecular flexibility index (Phi) is 5.36. The lowest BCUT2D eigenvalue weighted by Gasteiger charge is -2.07. The Morgan fingerprint density at radius 2 is 1.30 bits per heavy atom. The topological polar surface area (TPSA) is 75.3 Å². The molecule has 5 nitrogen and oxygen atoms in total. The van der Waals surface area contributed by atoms with Crippen LogP contribution < -0.4 is 10.6 Å². The Balaban J connectivity index is 2.00. The Morgan fingerprint density at radius 1 is 0.783 bits per heavy atom. The highest BCUT2D eigenvalue weighted by molar-refractivity contribution is 6.44. The number of hydrogen-bond acceptors (Lipinski definition) is 3. The van der Waals surface area contributed by atoms with Crippen LogP contribution in [0.4, 0.5) is 11.4 Å². The summed E-state index contributed by atoms with van der Waals surface area (Å²) in [6.07, 6.45) is 0. The van der Waals surface area contributed by atoms with Crippen molar-refractivity contribution in [3.05, 3.63) is 58.1 Å². The van der Waals surface area contributed by atoms with Crippen LogP contribution >= 0.6 is 23.2 Å². The van der Waals surface area contributed by atoms with Crippen molar-refractivity contribution in [2.45, 2.75) is 6.92 Å². The first-order valence-corrected chi connectivity index (χ1v) is 7.31. The first kappa shape index (κ1) is 17.0. The van der Waals surface area contributed by atoms with Crippen molar-refractivity contribution < 1.29 is 14.4 Å². The summed E-state index contributed by atoms with van der Waals surface area (Å²) in [4.78, 5) is 34.8. The molecule has 0 atom stereocenters. The van der Waals surface area contributed by atoms with Gasteiger partial charge in [-0.05, 0) is 49.4 Å². The summed E-state index contributed by atoms with van der Waals surface area (Å²) >= 11 is 11.6. The van der Waals surface area contributed by atoms with E-state index < -0.39 is 11.8 Å². The number of halogens is 2. The molecule has 2 N–H and O–H groups in total. The maximum absolute atomic E-state index is 11.8. The van der Waals surface area contributed by atoms with E-state index in [1.54, 1.807) is 24.3 Å². The van der Waals surface area contributed by atoms with E-state index in [2.05, 4.69) is 10.6 Å². The third-order valence-electron chi connectivity index (χ3n) is 2.93. The summed E-state index contributed by atoms with van der Waals surface area (Å²) in [5.74, 6) is -1.77. The molecule has 0 aliphatic heterocycles. The Labute approximate surface area is 142 Å². The van der Waals surface area contributed by atoms with Gasteiger partial charge in [0.05, 0.1) is 10.0 Å². The molecule has 0 saturated heterocycles. The molecule has 23 heavy (non-hydrogen) atoms. The van der Waals surface area contributed by atoms with Gasteiger partial charge in [-0.15, -0.1) is 0 Å². The second kappa shape index (κ2) is 7.26. The molecular formula is C16H12Cl2N2O3. The molecule has 0 unspecified atom stereocenters. The molecule has 0 fully saturated rings. The van der Waals surface area contributed by atoms with Gasteiger partial charge in [-0.2, -0.15) is 0 Å². The van der Waals surface area contributed by atoms with Gasteiger partial charge >= 0.3 is 11.8 Å². The van der Waals surface area contributed by atoms with Crippen molar-refractivity contribution >= 4 is 52.2 Å². The number of carbonyl (C=O) groups is 3. The number of Topliss-reactive ketones (excluding diaryl/α,β-unsaturated/α-hetero) is 1. The van der Waals surface area contributed by atoms with Gasteiger partial charge in [0, 0.05) is 16.9 Å². The molecular weight excluding hydrogens is 339 g/mol. The van der Waals surface area contributed by atoms with Crippen molar-refractivity contribution in [3.63, 3.8) is 0 Å². The van der Waals surface area contributed by atoms with E-state index in [1.165, 1.54) is 25.1 Å². The van der Waals surface area contributed by atoms with Crippen LogP contribution in [0.3, 0.4) is 0 Å². The molecule has 2 aromatic rings. The molecule has 0 aliphatic carbocycles. The fraction of sp³-hybridized carbons (Fsp3) is 0.0625. The smallest absolute Gasteiger partial charge is 0.314 e. The largest absolute Gasteiger partial charge is 0.318 e. The average molecular weight is 351 g/mol. The summed E-state index contributed by atoms with van der Waals surface area (Å²) in [6.45, 7) is 1.44. The lowest BCUT2D eigenvalue weighted by atomic mass is 10.1. The minimum absolute atomic E-state index is 0.0831. The molecule has 0 radical (unpaired) electrons. The third kappa shape index (κ3) is 4.55. The quantitative estimate of drug-likeness (QED) is 0.653. The SMILES string of the molecule is CC(=O)c1ccc(NC(=O)C(=O)Nc2ccc(Cl)c(Cl)c2)cc1. The van der Waals surface area contributed by atoms with Crippen molar-refractivity contribution in [1.29, 1.82) is 0 Å². The molecule has 2 aromatic carbocycles. The first-order chi connectivity index (χ1) is 10.9. The molecule has 0 heterocycles. The molecule has 7 heteroatoms.